The number of aliphatic hydroxyl groups is 1. The van der Waals surface area contributed by atoms with Crippen LogP contribution in [-0.4, -0.2) is 55.7 Å². The molecule has 3 rings (SSSR count). The van der Waals surface area contributed by atoms with Gasteiger partial charge < -0.3 is 24.1 Å². The number of rotatable bonds is 15. The molecule has 0 bridgehead atoms. The molecular weight excluding hydrogens is 520 g/mol. The molecule has 0 spiro atoms. The van der Waals surface area contributed by atoms with Gasteiger partial charge >= 0.3 is 5.97 Å². The number of carbonyl (C=O) groups is 1. The van der Waals surface area contributed by atoms with Crippen LogP contribution >= 0.6 is 0 Å². The van der Waals surface area contributed by atoms with Gasteiger partial charge in [-0.25, -0.2) is 0 Å². The number of hydrogen-bond donors (Lipinski definition) is 2. The van der Waals surface area contributed by atoms with Crippen molar-refractivity contribution in [1.82, 2.24) is 0 Å². The van der Waals surface area contributed by atoms with Crippen LogP contribution in [0.15, 0.2) is 42.5 Å². The molecule has 6 nitrogen and oxygen atoms in total. The van der Waals surface area contributed by atoms with Crippen LogP contribution in [0.3, 0.4) is 0 Å². The van der Waals surface area contributed by atoms with E-state index < -0.39 is 20.4 Å². The minimum atomic E-state index is -1.98. The third-order valence-electron chi connectivity index (χ3n) is 9.19. The van der Waals surface area contributed by atoms with Gasteiger partial charge in [-0.1, -0.05) is 63.3 Å². The van der Waals surface area contributed by atoms with Crippen molar-refractivity contribution in [3.05, 3.63) is 48.0 Å². The van der Waals surface area contributed by atoms with Crippen molar-refractivity contribution in [3.8, 4) is 0 Å². The van der Waals surface area contributed by atoms with E-state index in [2.05, 4.69) is 76.3 Å². The van der Waals surface area contributed by atoms with E-state index in [-0.39, 0.29) is 41.8 Å². The van der Waals surface area contributed by atoms with Gasteiger partial charge in [-0.3, -0.25) is 4.79 Å². The lowest BCUT2D eigenvalue weighted by atomic mass is 9.85. The average molecular weight is 575 g/mol. The van der Waals surface area contributed by atoms with Gasteiger partial charge in [0.25, 0.3) is 0 Å². The first kappa shape index (κ1) is 33.0. The Bertz CT molecular complexity index is 905. The second-order valence-electron chi connectivity index (χ2n) is 13.4. The summed E-state index contributed by atoms with van der Waals surface area (Å²) in [5.74, 6) is -0.436. The molecule has 1 heterocycles. The summed E-state index contributed by atoms with van der Waals surface area (Å²) in [6.45, 7) is 12.3. The summed E-state index contributed by atoms with van der Waals surface area (Å²) in [6, 6.07) is 10.6. The lowest BCUT2D eigenvalue weighted by Crippen LogP contribution is -2.44. The van der Waals surface area contributed by atoms with E-state index in [4.69, 9.17) is 19.0 Å². The zero-order chi connectivity index (χ0) is 29.2. The minimum Gasteiger partial charge on any atom is -0.481 e. The van der Waals surface area contributed by atoms with Gasteiger partial charge in [0.15, 0.2) is 14.6 Å². The van der Waals surface area contributed by atoms with Crippen molar-refractivity contribution in [2.75, 3.05) is 6.61 Å². The Morgan fingerprint density at radius 2 is 1.90 bits per heavy atom. The second-order valence-corrected chi connectivity index (χ2v) is 18.1. The van der Waals surface area contributed by atoms with Gasteiger partial charge in [0.1, 0.15) is 0 Å². The number of ether oxygens (including phenoxy) is 2. The SMILES string of the molecule is CC(C)(C)[Si](C)(C)OC(CC[C@H]1C(OC2CCCCO2)C[C@H](O)[C@@H]1C/C=C\CCCC(=O)O)Cc1ccccc1. The molecule has 1 aromatic carbocycles. The molecule has 1 aliphatic heterocycles. The largest absolute Gasteiger partial charge is 0.481 e. The molecule has 1 saturated heterocycles. The predicted molar refractivity (Wildman–Crippen MR) is 163 cm³/mol. The number of hydrogen-bond acceptors (Lipinski definition) is 5. The zero-order valence-electron chi connectivity index (χ0n) is 25.5. The van der Waals surface area contributed by atoms with Crippen LogP contribution in [0, 0.1) is 11.8 Å². The smallest absolute Gasteiger partial charge is 0.303 e. The molecule has 1 aromatic rings. The summed E-state index contributed by atoms with van der Waals surface area (Å²) >= 11 is 0. The Balaban J connectivity index is 1.73. The van der Waals surface area contributed by atoms with Crippen molar-refractivity contribution in [1.29, 1.82) is 0 Å². The molecule has 1 saturated carbocycles. The van der Waals surface area contributed by atoms with E-state index in [0.29, 0.717) is 12.8 Å². The van der Waals surface area contributed by atoms with E-state index in [1.807, 2.05) is 0 Å². The van der Waals surface area contributed by atoms with Gasteiger partial charge in [-0.05, 0) is 93.3 Å². The number of allylic oxidation sites excluding steroid dienone is 2. The summed E-state index contributed by atoms with van der Waals surface area (Å²) < 4.78 is 19.5. The highest BCUT2D eigenvalue weighted by molar-refractivity contribution is 6.74. The van der Waals surface area contributed by atoms with Gasteiger partial charge in [0.2, 0.25) is 0 Å². The Morgan fingerprint density at radius 1 is 1.15 bits per heavy atom. The summed E-state index contributed by atoms with van der Waals surface area (Å²) in [5, 5.41) is 20.2. The molecule has 2 aliphatic rings. The maximum absolute atomic E-state index is 11.2. The number of benzene rings is 1. The van der Waals surface area contributed by atoms with Crippen LogP contribution in [-0.2, 0) is 25.1 Å². The monoisotopic (exact) mass is 574 g/mol. The lowest BCUT2D eigenvalue weighted by Gasteiger charge is -2.40. The minimum absolute atomic E-state index is 0.0336. The standard InChI is InChI=1S/C33H54O6Si/c1-33(2,3)40(4,5)39-26(23-25-15-9-8-10-16-25)20-21-28-27(17-11-6-7-12-18-31(35)36)29(34)24-30(28)38-32-19-13-14-22-37-32/h6,8-11,15-16,26-30,32,34H,7,12-14,17-24H2,1-5H3,(H,35,36)/b11-6-/t26?,27-,28-,29+,30?,32?/m1/s1. The molecule has 2 fully saturated rings. The highest BCUT2D eigenvalue weighted by Gasteiger charge is 2.44. The number of carboxylic acid groups (broad SMARTS) is 1. The van der Waals surface area contributed by atoms with Crippen LogP contribution in [0.5, 0.6) is 0 Å². The molecule has 226 valence electrons. The van der Waals surface area contributed by atoms with E-state index in [1.54, 1.807) is 0 Å². The summed E-state index contributed by atoms with van der Waals surface area (Å²) in [4.78, 5) is 10.8. The topological polar surface area (TPSA) is 85.2 Å². The molecule has 1 aliphatic carbocycles. The Morgan fingerprint density at radius 3 is 2.55 bits per heavy atom. The zero-order valence-corrected chi connectivity index (χ0v) is 26.5. The third-order valence-corrected chi connectivity index (χ3v) is 13.7. The number of unbranched alkanes of at least 4 members (excludes halogenated alkanes) is 1. The highest BCUT2D eigenvalue weighted by Crippen LogP contribution is 2.43. The van der Waals surface area contributed by atoms with Crippen molar-refractivity contribution >= 4 is 14.3 Å². The Hall–Kier alpha value is -1.51. The van der Waals surface area contributed by atoms with E-state index in [0.717, 1.165) is 58.0 Å². The van der Waals surface area contributed by atoms with Crippen LogP contribution in [0.25, 0.3) is 0 Å². The van der Waals surface area contributed by atoms with Gasteiger partial charge in [-0.2, -0.15) is 0 Å². The fourth-order valence-electron chi connectivity index (χ4n) is 5.84. The fraction of sp³-hybridized carbons (Fsp3) is 0.727. The van der Waals surface area contributed by atoms with Gasteiger partial charge in [0, 0.05) is 25.6 Å². The molecule has 7 heteroatoms. The summed E-state index contributed by atoms with van der Waals surface area (Å²) in [6.07, 6.45) is 12.5. The average Bonchev–Trinajstić information content (AvgIpc) is 3.18. The van der Waals surface area contributed by atoms with Crippen molar-refractivity contribution < 1.29 is 28.9 Å². The second kappa shape index (κ2) is 15.6. The van der Waals surface area contributed by atoms with E-state index in [9.17, 15) is 9.90 Å². The van der Waals surface area contributed by atoms with Crippen molar-refractivity contribution in [2.45, 2.75) is 134 Å². The predicted octanol–water partition coefficient (Wildman–Crippen LogP) is 7.51. The van der Waals surface area contributed by atoms with E-state index in [1.165, 1.54) is 5.56 Å². The van der Waals surface area contributed by atoms with Crippen LogP contribution in [0.4, 0.5) is 0 Å². The highest BCUT2D eigenvalue weighted by atomic mass is 28.4. The van der Waals surface area contributed by atoms with Crippen LogP contribution in [0.1, 0.15) is 90.5 Å². The third kappa shape index (κ3) is 10.4. The quantitative estimate of drug-likeness (QED) is 0.128. The first-order chi connectivity index (χ1) is 19.0. The number of aliphatic hydroxyl groups excluding tert-OH is 1. The van der Waals surface area contributed by atoms with Crippen LogP contribution < -0.4 is 0 Å². The molecule has 0 aromatic heterocycles. The van der Waals surface area contributed by atoms with E-state index >= 15 is 0 Å². The maximum atomic E-state index is 11.2. The van der Waals surface area contributed by atoms with Crippen LogP contribution in [0.2, 0.25) is 18.1 Å². The molecular formula is C33H54O6Si. The fourth-order valence-corrected chi connectivity index (χ4v) is 7.23. The van der Waals surface area contributed by atoms with Gasteiger partial charge in [-0.15, -0.1) is 0 Å². The summed E-state index contributed by atoms with van der Waals surface area (Å²) in [7, 11) is -1.98. The molecule has 3 unspecified atom stereocenters. The molecule has 40 heavy (non-hydrogen) atoms. The van der Waals surface area contributed by atoms with Gasteiger partial charge in [0.05, 0.1) is 12.2 Å². The first-order valence-corrected chi connectivity index (χ1v) is 18.4. The molecule has 0 radical (unpaired) electrons. The number of carboxylic acids is 1. The normalized spacial score (nSPS) is 26.8. The van der Waals surface area contributed by atoms with Crippen molar-refractivity contribution in [2.24, 2.45) is 11.8 Å². The first-order valence-electron chi connectivity index (χ1n) is 15.5. The maximum Gasteiger partial charge on any atom is 0.303 e. The number of aliphatic carboxylic acids is 1. The molecule has 2 N–H and O–H groups in total. The Labute approximate surface area is 243 Å². The van der Waals surface area contributed by atoms with Crippen molar-refractivity contribution in [3.63, 3.8) is 0 Å². The Kier molecular flexibility index (Phi) is 12.9. The molecule has 0 amide bonds. The lowest BCUT2D eigenvalue weighted by molar-refractivity contribution is -0.196. The summed E-state index contributed by atoms with van der Waals surface area (Å²) in [5.41, 5.74) is 1.29. The molecule has 6 atom stereocenters.